The van der Waals surface area contributed by atoms with Crippen LogP contribution < -0.4 is 10.2 Å². The van der Waals surface area contributed by atoms with Gasteiger partial charge in [0, 0.05) is 11.1 Å². The summed E-state index contributed by atoms with van der Waals surface area (Å²) >= 11 is 0. The lowest BCUT2D eigenvalue weighted by Crippen LogP contribution is -2.32. The third kappa shape index (κ3) is 4.83. The fraction of sp³-hybridized carbons (Fsp3) is 0.600. The van der Waals surface area contributed by atoms with Gasteiger partial charge in [0.25, 0.3) is 0 Å². The molecule has 0 aromatic heterocycles. The van der Waals surface area contributed by atoms with Crippen molar-refractivity contribution in [1.82, 2.24) is 0 Å². The Labute approximate surface area is 144 Å². The van der Waals surface area contributed by atoms with E-state index in [1.807, 2.05) is 6.92 Å². The first-order chi connectivity index (χ1) is 11.1. The lowest BCUT2D eigenvalue weighted by atomic mass is 9.78. The molecule has 0 spiro atoms. The Kier molecular flexibility index (Phi) is 7.00. The number of aromatic carboxylic acids is 2. The van der Waals surface area contributed by atoms with Crippen molar-refractivity contribution in [2.45, 2.75) is 66.2 Å². The highest BCUT2D eigenvalue weighted by molar-refractivity contribution is 6.01. The van der Waals surface area contributed by atoms with Gasteiger partial charge >= 0.3 is 0 Å². The molecular weight excluding hydrogens is 304 g/mol. The Morgan fingerprint density at radius 3 is 1.75 bits per heavy atom. The molecule has 0 aliphatic carbocycles. The predicted molar refractivity (Wildman–Crippen MR) is 90.8 cm³/mol. The molecule has 4 heteroatoms. The van der Waals surface area contributed by atoms with Crippen molar-refractivity contribution in [3.05, 3.63) is 34.4 Å². The zero-order valence-corrected chi connectivity index (χ0v) is 15.5. The monoisotopic (exact) mass is 332 g/mol. The van der Waals surface area contributed by atoms with E-state index in [1.165, 1.54) is 6.07 Å². The molecule has 0 saturated carbocycles. The van der Waals surface area contributed by atoms with E-state index in [1.54, 1.807) is 6.07 Å². The van der Waals surface area contributed by atoms with Gasteiger partial charge in [-0.2, -0.15) is 0 Å². The summed E-state index contributed by atoms with van der Waals surface area (Å²) in [6, 6.07) is 3.09. The van der Waals surface area contributed by atoms with Crippen LogP contribution >= 0.6 is 0 Å². The molecular formula is C20H28O4-2. The normalized spacial score (nSPS) is 14.0. The van der Waals surface area contributed by atoms with Crippen molar-refractivity contribution in [2.75, 3.05) is 0 Å². The quantitative estimate of drug-likeness (QED) is 0.733. The summed E-state index contributed by atoms with van der Waals surface area (Å²) in [5, 5.41) is 23.1. The first-order valence-electron chi connectivity index (χ1n) is 8.65. The zero-order valence-electron chi connectivity index (χ0n) is 15.5. The number of hydrogen-bond acceptors (Lipinski definition) is 4. The molecule has 24 heavy (non-hydrogen) atoms. The van der Waals surface area contributed by atoms with Crippen LogP contribution in [0.2, 0.25) is 0 Å². The van der Waals surface area contributed by atoms with Crippen molar-refractivity contribution in [1.29, 1.82) is 0 Å². The molecule has 0 radical (unpaired) electrons. The van der Waals surface area contributed by atoms with Crippen molar-refractivity contribution < 1.29 is 19.8 Å². The van der Waals surface area contributed by atoms with Gasteiger partial charge in [0.2, 0.25) is 0 Å². The van der Waals surface area contributed by atoms with Gasteiger partial charge in [-0.1, -0.05) is 53.7 Å². The van der Waals surface area contributed by atoms with E-state index in [2.05, 4.69) is 34.6 Å². The van der Waals surface area contributed by atoms with Crippen LogP contribution in [-0.4, -0.2) is 11.9 Å². The standard InChI is InChI=1S/C20H30O4/c1-11(2)9-13(5)15-7-8-16(19(21)22)18(20(23)24)17(15)14(6)10-12(3)4/h7-8,11-14H,9-10H2,1-6H3,(H,21,22)(H,23,24)/p-2. The van der Waals surface area contributed by atoms with E-state index in [0.29, 0.717) is 17.4 Å². The fourth-order valence-electron chi connectivity index (χ4n) is 3.65. The van der Waals surface area contributed by atoms with Gasteiger partial charge in [-0.25, -0.2) is 0 Å². The Morgan fingerprint density at radius 2 is 1.33 bits per heavy atom. The molecule has 2 atom stereocenters. The van der Waals surface area contributed by atoms with Crippen molar-refractivity contribution >= 4 is 11.9 Å². The minimum atomic E-state index is -1.48. The van der Waals surface area contributed by atoms with Gasteiger partial charge in [0.15, 0.2) is 0 Å². The van der Waals surface area contributed by atoms with Gasteiger partial charge in [0.05, 0.1) is 11.9 Å². The number of rotatable bonds is 8. The second-order valence-corrected chi connectivity index (χ2v) is 7.63. The Hall–Kier alpha value is -1.84. The summed E-state index contributed by atoms with van der Waals surface area (Å²) in [5.41, 5.74) is 0.997. The molecule has 2 unspecified atom stereocenters. The zero-order chi connectivity index (χ0) is 18.6. The fourth-order valence-corrected chi connectivity index (χ4v) is 3.65. The average Bonchev–Trinajstić information content (AvgIpc) is 2.43. The highest BCUT2D eigenvalue weighted by Crippen LogP contribution is 2.36. The molecule has 1 rings (SSSR count). The first kappa shape index (κ1) is 20.2. The minimum absolute atomic E-state index is 0.0678. The van der Waals surface area contributed by atoms with Crippen LogP contribution in [0.4, 0.5) is 0 Å². The molecule has 4 nitrogen and oxygen atoms in total. The molecule has 0 fully saturated rings. The summed E-state index contributed by atoms with van der Waals surface area (Å²) in [4.78, 5) is 23.1. The highest BCUT2D eigenvalue weighted by Gasteiger charge is 2.23. The second-order valence-electron chi connectivity index (χ2n) is 7.63. The predicted octanol–water partition coefficient (Wildman–Crippen LogP) is 2.71. The smallest absolute Gasteiger partial charge is 0.0724 e. The minimum Gasteiger partial charge on any atom is -0.545 e. The topological polar surface area (TPSA) is 80.3 Å². The number of carbonyl (C=O) groups excluding carboxylic acids is 2. The molecule has 0 heterocycles. The summed E-state index contributed by atoms with van der Waals surface area (Å²) < 4.78 is 0. The molecule has 0 N–H and O–H groups in total. The molecule has 134 valence electrons. The van der Waals surface area contributed by atoms with Gasteiger partial charge in [-0.15, -0.1) is 0 Å². The maximum absolute atomic E-state index is 11.7. The molecule has 1 aromatic rings. The van der Waals surface area contributed by atoms with Crippen LogP contribution in [0.15, 0.2) is 12.1 Å². The lowest BCUT2D eigenvalue weighted by Gasteiger charge is -2.28. The average molecular weight is 332 g/mol. The summed E-state index contributed by atoms with van der Waals surface area (Å²) in [5.74, 6) is -2.02. The maximum Gasteiger partial charge on any atom is 0.0724 e. The van der Waals surface area contributed by atoms with Gasteiger partial charge < -0.3 is 19.8 Å². The number of carboxylic acid groups (broad SMARTS) is 2. The Morgan fingerprint density at radius 1 is 0.833 bits per heavy atom. The van der Waals surface area contributed by atoms with E-state index in [-0.39, 0.29) is 23.0 Å². The van der Waals surface area contributed by atoms with Crippen molar-refractivity contribution in [2.24, 2.45) is 11.8 Å². The summed E-state index contributed by atoms with van der Waals surface area (Å²) in [7, 11) is 0. The lowest BCUT2D eigenvalue weighted by molar-refractivity contribution is -0.259. The number of hydrogen-bond donors (Lipinski definition) is 0. The molecule has 0 saturated heterocycles. The van der Waals surface area contributed by atoms with Crippen LogP contribution in [0.25, 0.3) is 0 Å². The van der Waals surface area contributed by atoms with Crippen LogP contribution in [0.1, 0.15) is 98.1 Å². The SMILES string of the molecule is CC(C)CC(C)c1ccc(C(=O)[O-])c(C(=O)[O-])c1C(C)CC(C)C. The number of carboxylic acids is 2. The molecule has 0 aliphatic rings. The van der Waals surface area contributed by atoms with E-state index in [4.69, 9.17) is 0 Å². The highest BCUT2D eigenvalue weighted by atomic mass is 16.4. The molecule has 0 bridgehead atoms. The maximum atomic E-state index is 11.7. The van der Waals surface area contributed by atoms with Gasteiger partial charge in [-0.05, 0) is 47.6 Å². The first-order valence-corrected chi connectivity index (χ1v) is 8.65. The van der Waals surface area contributed by atoms with E-state index in [9.17, 15) is 19.8 Å². The van der Waals surface area contributed by atoms with E-state index < -0.39 is 11.9 Å². The van der Waals surface area contributed by atoms with E-state index >= 15 is 0 Å². The third-order valence-electron chi connectivity index (χ3n) is 4.38. The summed E-state index contributed by atoms with van der Waals surface area (Å²) in [6.07, 6.45) is 1.68. The van der Waals surface area contributed by atoms with Crippen LogP contribution in [-0.2, 0) is 0 Å². The molecule has 0 aliphatic heterocycles. The Balaban J connectivity index is 3.61. The third-order valence-corrected chi connectivity index (χ3v) is 4.38. The van der Waals surface area contributed by atoms with Gasteiger partial charge in [0.1, 0.15) is 0 Å². The molecule has 0 amide bonds. The Bertz CT molecular complexity index is 602. The van der Waals surface area contributed by atoms with Crippen LogP contribution in [0.5, 0.6) is 0 Å². The van der Waals surface area contributed by atoms with Gasteiger partial charge in [-0.3, -0.25) is 0 Å². The summed E-state index contributed by atoms with van der Waals surface area (Å²) in [6.45, 7) is 12.4. The van der Waals surface area contributed by atoms with Crippen LogP contribution in [0, 0.1) is 11.8 Å². The molecule has 1 aromatic carbocycles. The number of carbonyl (C=O) groups is 2. The van der Waals surface area contributed by atoms with Crippen molar-refractivity contribution in [3.63, 3.8) is 0 Å². The van der Waals surface area contributed by atoms with Crippen LogP contribution in [0.3, 0.4) is 0 Å². The second kappa shape index (κ2) is 8.32. The number of benzene rings is 1. The largest absolute Gasteiger partial charge is 0.545 e. The van der Waals surface area contributed by atoms with Crippen molar-refractivity contribution in [3.8, 4) is 0 Å². The van der Waals surface area contributed by atoms with E-state index in [0.717, 1.165) is 18.4 Å².